The number of nitrogens with two attached hydrogens (primary N) is 2. The highest BCUT2D eigenvalue weighted by molar-refractivity contribution is 7.71. The van der Waals surface area contributed by atoms with Crippen LogP contribution in [0.2, 0.25) is 0 Å². The number of aliphatic hydroxyl groups is 2. The number of fused-ring (bicyclic) bond motifs is 2. The topological polar surface area (TPSA) is 334 Å². The molecule has 0 amide bonds. The molecule has 7 unspecified atom stereocenters. The lowest BCUT2D eigenvalue weighted by molar-refractivity contribution is -0.459. The second-order valence-corrected chi connectivity index (χ2v) is 13.8. The molecule has 21 nitrogen and oxygen atoms in total. The van der Waals surface area contributed by atoms with Crippen molar-refractivity contribution < 1.29 is 66.4 Å². The summed E-state index contributed by atoms with van der Waals surface area (Å²) in [5.41, 5.74) is 9.48. The van der Waals surface area contributed by atoms with E-state index in [4.69, 9.17) is 38.2 Å². The van der Waals surface area contributed by atoms with Crippen LogP contribution in [0, 0.1) is 4.64 Å². The normalized spacial score (nSPS) is 28.5. The molecule has 1 aliphatic heterocycles. The zero-order valence-corrected chi connectivity index (χ0v) is 24.2. The molecular weight excluding hydrogens is 637 g/mol. The van der Waals surface area contributed by atoms with Crippen LogP contribution in [-0.2, 0) is 31.6 Å². The van der Waals surface area contributed by atoms with Crippen LogP contribution >= 0.6 is 35.7 Å². The molecule has 0 aromatic carbocycles. The van der Waals surface area contributed by atoms with Crippen molar-refractivity contribution in [1.29, 1.82) is 0 Å². The third-order valence-corrected chi connectivity index (χ3v) is 10.1. The summed E-state index contributed by atoms with van der Waals surface area (Å²) >= 11 is 5.32. The van der Waals surface area contributed by atoms with Crippen LogP contribution in [0.25, 0.3) is 11.2 Å². The highest BCUT2D eigenvalue weighted by Crippen LogP contribution is 2.66. The Morgan fingerprint density at radius 1 is 1.22 bits per heavy atom. The van der Waals surface area contributed by atoms with Crippen molar-refractivity contribution in [2.45, 2.75) is 42.8 Å². The number of aromatic amines is 1. The molecule has 1 saturated heterocycles. The van der Waals surface area contributed by atoms with Crippen molar-refractivity contribution in [2.75, 3.05) is 25.0 Å². The Kier molecular flexibility index (Phi) is 9.12. The number of H-pyrrole nitrogens is 1. The lowest BCUT2D eigenvalue weighted by atomic mass is 10.1. The summed E-state index contributed by atoms with van der Waals surface area (Å²) in [6.45, 7) is 0.192. The monoisotopic (exact) mass is 665 g/mol. The van der Waals surface area contributed by atoms with Crippen LogP contribution in [0.4, 0.5) is 5.95 Å². The van der Waals surface area contributed by atoms with Crippen LogP contribution in [0.1, 0.15) is 18.9 Å². The fourth-order valence-corrected chi connectivity index (χ4v) is 7.59. The maximum Gasteiger partial charge on any atom is 0.490 e. The minimum absolute atomic E-state index is 0.133. The number of aliphatic hydroxyl groups excluding tert-OH is 1. The first-order valence-electron chi connectivity index (χ1n) is 11.6. The van der Waals surface area contributed by atoms with Crippen molar-refractivity contribution in [3.63, 3.8) is 0 Å². The lowest BCUT2D eigenvalue weighted by Gasteiger charge is -2.24. The van der Waals surface area contributed by atoms with Crippen LogP contribution in [0.3, 0.4) is 0 Å². The number of nitrogens with one attached hydrogen (secondary N) is 3. The van der Waals surface area contributed by atoms with Crippen molar-refractivity contribution in [3.8, 4) is 0 Å². The zero-order chi connectivity index (χ0) is 30.4. The van der Waals surface area contributed by atoms with E-state index in [1.54, 1.807) is 0 Å². The molecule has 41 heavy (non-hydrogen) atoms. The first-order chi connectivity index (χ1) is 18.9. The third kappa shape index (κ3) is 7.38. The number of unbranched alkanes of at least 4 members (excludes halogenated alkanes) is 1. The number of imidazole rings is 1. The molecule has 0 radical (unpaired) electrons. The molecule has 13 N–H and O–H groups in total. The van der Waals surface area contributed by atoms with Gasteiger partial charge in [-0.3, -0.25) is 21.0 Å². The Hall–Kier alpha value is -1.87. The van der Waals surface area contributed by atoms with Crippen LogP contribution < -0.4 is 21.8 Å². The molecule has 230 valence electrons. The first kappa shape index (κ1) is 32.1. The SMILES string of the molecule is NC(N)=[NH+]CCCCNc1nc(=S)c2ncn(C3C4OC(COP(=O)(O)OP(=O)(O)OP(=O)(O)O)C(O)C43O)c2[nH]1. The van der Waals surface area contributed by atoms with E-state index in [0.717, 1.165) is 12.8 Å². The van der Waals surface area contributed by atoms with E-state index in [-0.39, 0.29) is 10.6 Å². The predicted molar refractivity (Wildman–Crippen MR) is 138 cm³/mol. The number of rotatable bonds is 14. The summed E-state index contributed by atoms with van der Waals surface area (Å²) in [6.07, 6.45) is -1.25. The van der Waals surface area contributed by atoms with Crippen LogP contribution in [0.15, 0.2) is 6.33 Å². The molecular formula is C16H28N8O13P3S+. The standard InChI is InChI=1S/C16H27N8O13P3S/c17-14(18)19-3-1-2-4-20-15-22-12-8(13(41)23-15)21-6-24(12)9-11-16(9,26)10(25)7(35-11)5-34-39(30,31)37-40(32,33)36-38(27,28)29/h6-7,9-11,25-26H,1-5H2,(H,30,31)(H,32,33)(H4,17,18,19)(H2,27,28,29)(H2,20,22,23,41)/p+1. The van der Waals surface area contributed by atoms with Crippen molar-refractivity contribution in [1.82, 2.24) is 19.5 Å². The average molecular weight is 665 g/mol. The van der Waals surface area contributed by atoms with Gasteiger partial charge in [-0.15, -0.1) is 0 Å². The Labute approximate surface area is 235 Å². The van der Waals surface area contributed by atoms with E-state index in [1.165, 1.54) is 10.9 Å². The number of hydrogen-bond acceptors (Lipinski definition) is 13. The van der Waals surface area contributed by atoms with Gasteiger partial charge in [0.25, 0.3) is 0 Å². The highest BCUT2D eigenvalue weighted by Gasteiger charge is 2.77. The fraction of sp³-hybridized carbons (Fsp3) is 0.625. The van der Waals surface area contributed by atoms with Gasteiger partial charge in [0.2, 0.25) is 5.95 Å². The molecule has 25 heteroatoms. The highest BCUT2D eigenvalue weighted by atomic mass is 32.1. The van der Waals surface area contributed by atoms with E-state index >= 15 is 0 Å². The van der Waals surface area contributed by atoms with E-state index in [2.05, 4.69) is 38.4 Å². The molecule has 2 aromatic rings. The second-order valence-electron chi connectivity index (χ2n) is 9.01. The van der Waals surface area contributed by atoms with Crippen molar-refractivity contribution in [3.05, 3.63) is 11.0 Å². The summed E-state index contributed by atoms with van der Waals surface area (Å²) in [7, 11) is -16.7. The van der Waals surface area contributed by atoms with Crippen molar-refractivity contribution >= 4 is 58.8 Å². The van der Waals surface area contributed by atoms with Gasteiger partial charge < -0.3 is 49.4 Å². The molecule has 1 saturated carbocycles. The summed E-state index contributed by atoms with van der Waals surface area (Å²) in [5, 5.41) is 24.9. The van der Waals surface area contributed by atoms with Crippen LogP contribution in [0.5, 0.6) is 0 Å². The van der Waals surface area contributed by atoms with E-state index < -0.39 is 60.0 Å². The van der Waals surface area contributed by atoms with E-state index in [9.17, 15) is 33.7 Å². The number of phosphoric ester groups is 1. The number of ether oxygens (including phenoxy) is 1. The minimum Gasteiger partial charge on any atom is -0.387 e. The summed E-state index contributed by atoms with van der Waals surface area (Å²) < 4.78 is 53.1. The summed E-state index contributed by atoms with van der Waals surface area (Å²) in [6, 6.07) is -0.866. The number of hydrogen-bond donors (Lipinski definition) is 11. The number of anilines is 1. The molecule has 4 rings (SSSR count). The zero-order valence-electron chi connectivity index (χ0n) is 20.7. The quantitative estimate of drug-likeness (QED) is 0.0311. The maximum absolute atomic E-state index is 12.0. The number of phosphoric acid groups is 3. The molecule has 2 aliphatic rings. The largest absolute Gasteiger partial charge is 0.490 e. The van der Waals surface area contributed by atoms with Gasteiger partial charge in [-0.2, -0.15) is 8.62 Å². The van der Waals surface area contributed by atoms with E-state index in [1.807, 2.05) is 0 Å². The number of guanidine groups is 1. The summed E-state index contributed by atoms with van der Waals surface area (Å²) in [5.74, 6) is 0.462. The Bertz CT molecular complexity index is 1530. The number of aromatic nitrogens is 4. The molecule has 1 aliphatic carbocycles. The Morgan fingerprint density at radius 3 is 2.54 bits per heavy atom. The summed E-state index contributed by atoms with van der Waals surface area (Å²) in [4.78, 5) is 50.3. The van der Waals surface area contributed by atoms with Gasteiger partial charge in [-0.1, -0.05) is 12.2 Å². The Balaban J connectivity index is 1.39. The van der Waals surface area contributed by atoms with Crippen molar-refractivity contribution in [2.24, 2.45) is 11.5 Å². The minimum atomic E-state index is -5.72. The fourth-order valence-electron chi connectivity index (χ4n) is 4.32. The van der Waals surface area contributed by atoms with Crippen LogP contribution in [-0.4, -0.2) is 98.9 Å². The molecule has 7 atom stereocenters. The first-order valence-corrected chi connectivity index (χ1v) is 16.5. The number of nitrogens with zero attached hydrogens (tertiary/aromatic N) is 3. The Morgan fingerprint density at radius 2 is 1.93 bits per heavy atom. The molecule has 2 fully saturated rings. The van der Waals surface area contributed by atoms with Gasteiger partial charge >= 0.3 is 29.4 Å². The van der Waals surface area contributed by atoms with Gasteiger partial charge in [0.15, 0.2) is 4.64 Å². The maximum atomic E-state index is 12.0. The predicted octanol–water partition coefficient (Wildman–Crippen LogP) is -3.21. The van der Waals surface area contributed by atoms with Gasteiger partial charge in [0.05, 0.1) is 25.5 Å². The van der Waals surface area contributed by atoms with Gasteiger partial charge in [-0.25, -0.2) is 23.7 Å². The smallest absolute Gasteiger partial charge is 0.387 e. The average Bonchev–Trinajstić information content (AvgIpc) is 3.06. The van der Waals surface area contributed by atoms with Gasteiger partial charge in [0, 0.05) is 6.54 Å². The molecule has 2 aromatic heterocycles. The molecule has 0 bridgehead atoms. The second kappa shape index (κ2) is 11.7. The van der Waals surface area contributed by atoms with E-state index in [0.29, 0.717) is 30.2 Å². The van der Waals surface area contributed by atoms with Gasteiger partial charge in [0.1, 0.15) is 35.1 Å². The molecule has 0 spiro atoms. The third-order valence-electron chi connectivity index (χ3n) is 6.04. The lowest BCUT2D eigenvalue weighted by Crippen LogP contribution is -2.78. The van der Waals surface area contributed by atoms with Gasteiger partial charge in [-0.05, 0) is 12.8 Å². The molecule has 3 heterocycles.